The van der Waals surface area contributed by atoms with E-state index in [2.05, 4.69) is 10.6 Å². The Morgan fingerprint density at radius 3 is 2.10 bits per heavy atom. The van der Waals surface area contributed by atoms with Gasteiger partial charge in [0, 0.05) is 31.9 Å². The van der Waals surface area contributed by atoms with Crippen LogP contribution in [0.15, 0.2) is 30.3 Å². The number of hydrogen-bond acceptors (Lipinski definition) is 4. The van der Waals surface area contributed by atoms with Crippen LogP contribution in [-0.4, -0.2) is 66.7 Å². The molecule has 1 aliphatic heterocycles. The molecule has 4 amide bonds. The number of benzene rings is 1. The van der Waals surface area contributed by atoms with Crippen molar-refractivity contribution in [2.24, 2.45) is 11.8 Å². The summed E-state index contributed by atoms with van der Waals surface area (Å²) in [6.07, 6.45) is -0.341. The van der Waals surface area contributed by atoms with E-state index >= 15 is 0 Å². The third-order valence-corrected chi connectivity index (χ3v) is 4.64. The van der Waals surface area contributed by atoms with Gasteiger partial charge in [0.05, 0.1) is 6.61 Å². The van der Waals surface area contributed by atoms with Crippen molar-refractivity contribution in [3.8, 4) is 0 Å². The van der Waals surface area contributed by atoms with E-state index < -0.39 is 12.1 Å². The number of nitrogens with one attached hydrogen (secondary N) is 2. The molecule has 0 radical (unpaired) electrons. The Bertz CT molecular complexity index is 685. The van der Waals surface area contributed by atoms with E-state index in [-0.39, 0.29) is 23.8 Å². The van der Waals surface area contributed by atoms with E-state index in [0.29, 0.717) is 38.5 Å². The van der Waals surface area contributed by atoms with Crippen LogP contribution in [0.4, 0.5) is 15.3 Å². The molecule has 0 spiro atoms. The molecule has 0 aliphatic carbocycles. The summed E-state index contributed by atoms with van der Waals surface area (Å²) in [5.74, 6) is 0.0678. The summed E-state index contributed by atoms with van der Waals surface area (Å²) in [7, 11) is 0. The molecule has 1 fully saturated rings. The molecule has 1 heterocycles. The van der Waals surface area contributed by atoms with Crippen LogP contribution in [0.2, 0.25) is 0 Å². The van der Waals surface area contributed by atoms with Crippen LogP contribution in [0.25, 0.3) is 0 Å². The molecule has 1 aromatic rings. The summed E-state index contributed by atoms with van der Waals surface area (Å²) in [4.78, 5) is 40.7. The summed E-state index contributed by atoms with van der Waals surface area (Å²) in [5, 5.41) is 5.52. The monoisotopic (exact) mass is 404 g/mol. The summed E-state index contributed by atoms with van der Waals surface area (Å²) in [6, 6.07) is 8.02. The number of carbonyl (C=O) groups excluding carboxylic acids is 3. The highest BCUT2D eigenvalue weighted by Crippen LogP contribution is 2.12. The van der Waals surface area contributed by atoms with E-state index in [1.165, 1.54) is 0 Å². The number of rotatable bonds is 6. The fourth-order valence-electron chi connectivity index (χ4n) is 2.98. The zero-order valence-electron chi connectivity index (χ0n) is 17.7. The predicted octanol–water partition coefficient (Wildman–Crippen LogP) is 2.77. The molecule has 2 rings (SSSR count). The zero-order valence-corrected chi connectivity index (χ0v) is 17.7. The molecule has 0 saturated carbocycles. The number of anilines is 1. The first-order valence-corrected chi connectivity index (χ1v) is 10.1. The molecule has 1 aliphatic rings. The minimum absolute atomic E-state index is 0.0712. The Labute approximate surface area is 172 Å². The average Bonchev–Trinajstić information content (AvgIpc) is 2.70. The lowest BCUT2D eigenvalue weighted by Gasteiger charge is -2.36. The minimum atomic E-state index is -0.641. The number of carbonyl (C=O) groups is 3. The SMILES string of the molecule is CC(C)COC(=O)N1CCN(C(=O)C(NC(=O)Nc2ccccc2)C(C)C)CC1. The predicted molar refractivity (Wildman–Crippen MR) is 112 cm³/mol. The van der Waals surface area contributed by atoms with Crippen molar-refractivity contribution in [1.82, 2.24) is 15.1 Å². The highest BCUT2D eigenvalue weighted by molar-refractivity contribution is 5.93. The van der Waals surface area contributed by atoms with Crippen LogP contribution in [0.1, 0.15) is 27.7 Å². The standard InChI is InChI=1S/C21H32N4O4/c1-15(2)14-29-21(28)25-12-10-24(11-13-25)19(26)18(16(3)4)23-20(27)22-17-8-6-5-7-9-17/h5-9,15-16,18H,10-14H2,1-4H3,(H2,22,23,27). The van der Waals surface area contributed by atoms with Gasteiger partial charge in [0.15, 0.2) is 0 Å². The van der Waals surface area contributed by atoms with Gasteiger partial charge in [0.25, 0.3) is 0 Å². The molecule has 0 bridgehead atoms. The Balaban J connectivity index is 1.87. The van der Waals surface area contributed by atoms with Gasteiger partial charge in [-0.25, -0.2) is 9.59 Å². The normalized spacial score (nSPS) is 15.2. The van der Waals surface area contributed by atoms with E-state index in [4.69, 9.17) is 4.74 Å². The molecule has 8 heteroatoms. The van der Waals surface area contributed by atoms with E-state index in [1.54, 1.807) is 21.9 Å². The van der Waals surface area contributed by atoms with Crippen molar-refractivity contribution >= 4 is 23.7 Å². The molecule has 2 N–H and O–H groups in total. The molecule has 29 heavy (non-hydrogen) atoms. The summed E-state index contributed by atoms with van der Waals surface area (Å²) in [6.45, 7) is 9.81. The van der Waals surface area contributed by atoms with Crippen LogP contribution in [0, 0.1) is 11.8 Å². The van der Waals surface area contributed by atoms with Gasteiger partial charge in [-0.3, -0.25) is 4.79 Å². The molecular formula is C21H32N4O4. The minimum Gasteiger partial charge on any atom is -0.449 e. The lowest BCUT2D eigenvalue weighted by Crippen LogP contribution is -2.57. The number of amides is 4. The van der Waals surface area contributed by atoms with Crippen molar-refractivity contribution in [3.63, 3.8) is 0 Å². The van der Waals surface area contributed by atoms with Crippen LogP contribution in [0.5, 0.6) is 0 Å². The smallest absolute Gasteiger partial charge is 0.409 e. The zero-order chi connectivity index (χ0) is 21.4. The molecule has 1 saturated heterocycles. The second-order valence-corrected chi connectivity index (χ2v) is 7.97. The second kappa shape index (κ2) is 10.7. The highest BCUT2D eigenvalue weighted by atomic mass is 16.6. The Morgan fingerprint density at radius 1 is 0.966 bits per heavy atom. The van der Waals surface area contributed by atoms with Gasteiger partial charge in [-0.1, -0.05) is 45.9 Å². The first-order valence-electron chi connectivity index (χ1n) is 10.1. The third kappa shape index (κ3) is 6.96. The Morgan fingerprint density at radius 2 is 1.55 bits per heavy atom. The van der Waals surface area contributed by atoms with Gasteiger partial charge in [0.1, 0.15) is 6.04 Å². The first-order chi connectivity index (χ1) is 13.8. The topological polar surface area (TPSA) is 91.0 Å². The van der Waals surface area contributed by atoms with Gasteiger partial charge in [0.2, 0.25) is 5.91 Å². The maximum atomic E-state index is 13.0. The van der Waals surface area contributed by atoms with E-state index in [1.807, 2.05) is 45.9 Å². The number of urea groups is 1. The third-order valence-electron chi connectivity index (χ3n) is 4.64. The first kappa shape index (κ1) is 22.5. The molecule has 1 unspecified atom stereocenters. The Hall–Kier alpha value is -2.77. The van der Waals surface area contributed by atoms with Crippen LogP contribution in [0.3, 0.4) is 0 Å². The van der Waals surface area contributed by atoms with Crippen LogP contribution >= 0.6 is 0 Å². The molecular weight excluding hydrogens is 372 g/mol. The fourth-order valence-corrected chi connectivity index (χ4v) is 2.98. The molecule has 0 aromatic heterocycles. The summed E-state index contributed by atoms with van der Waals surface area (Å²) >= 11 is 0. The highest BCUT2D eigenvalue weighted by Gasteiger charge is 2.32. The maximum absolute atomic E-state index is 13.0. The lowest BCUT2D eigenvalue weighted by atomic mass is 10.0. The van der Waals surface area contributed by atoms with Gasteiger partial charge >= 0.3 is 12.1 Å². The summed E-state index contributed by atoms with van der Waals surface area (Å²) < 4.78 is 5.25. The van der Waals surface area contributed by atoms with Crippen LogP contribution in [-0.2, 0) is 9.53 Å². The molecule has 160 valence electrons. The number of nitrogens with zero attached hydrogens (tertiary/aromatic N) is 2. The molecule has 1 atom stereocenters. The van der Waals surface area contributed by atoms with E-state index in [0.717, 1.165) is 0 Å². The number of piperazine rings is 1. The maximum Gasteiger partial charge on any atom is 0.409 e. The van der Waals surface area contributed by atoms with Crippen LogP contribution < -0.4 is 10.6 Å². The fraction of sp³-hybridized carbons (Fsp3) is 0.571. The average molecular weight is 405 g/mol. The van der Waals surface area contributed by atoms with Gasteiger partial charge < -0.3 is 25.2 Å². The molecule has 1 aromatic carbocycles. The van der Waals surface area contributed by atoms with Crippen molar-refractivity contribution in [3.05, 3.63) is 30.3 Å². The summed E-state index contributed by atoms with van der Waals surface area (Å²) in [5.41, 5.74) is 0.661. The quantitative estimate of drug-likeness (QED) is 0.763. The van der Waals surface area contributed by atoms with Crippen molar-refractivity contribution in [1.29, 1.82) is 0 Å². The van der Waals surface area contributed by atoms with Gasteiger partial charge in [-0.2, -0.15) is 0 Å². The largest absolute Gasteiger partial charge is 0.449 e. The van der Waals surface area contributed by atoms with Gasteiger partial charge in [-0.05, 0) is 24.0 Å². The van der Waals surface area contributed by atoms with Crippen molar-refractivity contribution in [2.45, 2.75) is 33.7 Å². The number of hydrogen-bond donors (Lipinski definition) is 2. The van der Waals surface area contributed by atoms with E-state index in [9.17, 15) is 14.4 Å². The Kier molecular flexibility index (Phi) is 8.30. The second-order valence-electron chi connectivity index (χ2n) is 7.97. The lowest BCUT2D eigenvalue weighted by molar-refractivity contribution is -0.135. The van der Waals surface area contributed by atoms with Crippen molar-refractivity contribution < 1.29 is 19.1 Å². The number of ether oxygens (including phenoxy) is 1. The molecule has 8 nitrogen and oxygen atoms in total. The number of para-hydroxylation sites is 1. The van der Waals surface area contributed by atoms with Crippen molar-refractivity contribution in [2.75, 3.05) is 38.1 Å². The van der Waals surface area contributed by atoms with Gasteiger partial charge in [-0.15, -0.1) is 0 Å².